The molecule has 132 heavy (non-hydrogen) atoms. The average molecular weight is 2120 g/mol. The molecular formula is C97H125Br2Cl2N7O21RuS2. The quantitative estimate of drug-likeness (QED) is 0.00429. The van der Waals surface area contributed by atoms with Crippen molar-refractivity contribution < 1.29 is 106 Å². The molecule has 0 radical (unpaired) electrons. The summed E-state index contributed by atoms with van der Waals surface area (Å²) in [6.07, 6.45) is 17.8. The van der Waals surface area contributed by atoms with E-state index in [4.69, 9.17) is 46.7 Å². The molecule has 3 saturated heterocycles. The van der Waals surface area contributed by atoms with Crippen molar-refractivity contribution in [3.05, 3.63) is 193 Å². The molecule has 5 aromatic rings. The van der Waals surface area contributed by atoms with E-state index in [9.17, 15) is 65.3 Å². The molecule has 10 atom stereocenters. The normalized spacial score (nSPS) is 23.2. The molecule has 7 fully saturated rings. The topological polar surface area (TPSA) is 353 Å². The minimum atomic E-state index is -4.24. The minimum Gasteiger partial charge on any atom is -0.502 e. The van der Waals surface area contributed by atoms with Gasteiger partial charge in [0, 0.05) is 72.2 Å². The first kappa shape index (κ1) is 106. The Bertz CT molecular complexity index is 5180. The number of methoxy groups -OCH3 is 2. The van der Waals surface area contributed by atoms with E-state index < -0.39 is 128 Å². The van der Waals surface area contributed by atoms with Crippen LogP contribution in [0.2, 0.25) is 0 Å². The smallest absolute Gasteiger partial charge is 0.408 e. The number of anilines is 2. The van der Waals surface area contributed by atoms with Crippen LogP contribution in [0.4, 0.5) is 26.7 Å². The number of fused-ring (bicyclic) bond motifs is 2. The Hall–Kier alpha value is -8.27. The van der Waals surface area contributed by atoms with Gasteiger partial charge in [-0.05, 0) is 227 Å². The summed E-state index contributed by atoms with van der Waals surface area (Å²) >= 11 is 4.55. The van der Waals surface area contributed by atoms with E-state index in [1.54, 1.807) is 41.0 Å². The van der Waals surface area contributed by atoms with Gasteiger partial charge in [0.05, 0.1) is 59.1 Å². The molecule has 4 heterocycles. The first-order chi connectivity index (χ1) is 62.7. The number of rotatable bonds is 29. The zero-order chi connectivity index (χ0) is 96.1. The number of alkyl carbamates (subject to hydrolysis) is 2. The summed E-state index contributed by atoms with van der Waals surface area (Å²) in [5.74, 6) is -2.58. The van der Waals surface area contributed by atoms with Crippen LogP contribution in [0.5, 0.6) is 5.75 Å². The number of nitrogens with one attached hydrogen (secondary N) is 2. The number of aliphatic hydroxyl groups is 1. The van der Waals surface area contributed by atoms with Crippen molar-refractivity contribution in [2.45, 2.75) is 274 Å². The van der Waals surface area contributed by atoms with Crippen LogP contribution in [0.3, 0.4) is 0 Å². The third-order valence-corrected chi connectivity index (χ3v) is 30.9. The van der Waals surface area contributed by atoms with E-state index in [0.717, 1.165) is 103 Å². The summed E-state index contributed by atoms with van der Waals surface area (Å²) in [6, 6.07) is 21.4. The van der Waals surface area contributed by atoms with Crippen LogP contribution in [0, 0.1) is 81.0 Å². The Morgan fingerprint density at radius 1 is 0.682 bits per heavy atom. The molecule has 0 aromatic heterocycles. The fourth-order valence-corrected chi connectivity index (χ4v) is 23.2. The Morgan fingerprint density at radius 3 is 1.73 bits per heavy atom. The number of unbranched alkanes of at least 4 members (excludes halogenated alkanes) is 3. The number of hydrogen-bond acceptors (Lipinski definition) is 22. The molecule has 0 bridgehead atoms. The molecule has 4 saturated carbocycles. The zero-order valence-corrected chi connectivity index (χ0v) is 84.8. The number of hydrogen-bond donors (Lipinski definition) is 2. The summed E-state index contributed by atoms with van der Waals surface area (Å²) in [4.78, 5) is 125. The van der Waals surface area contributed by atoms with Crippen molar-refractivity contribution in [2.24, 2.45) is 22.7 Å². The first-order valence-electron chi connectivity index (χ1n) is 45.1. The van der Waals surface area contributed by atoms with Crippen LogP contribution in [0.25, 0.3) is 0 Å². The molecule has 4 aliphatic heterocycles. The fourth-order valence-electron chi connectivity index (χ4n) is 18.8. The Labute approximate surface area is 806 Å². The molecule has 13 rings (SSSR count). The monoisotopic (exact) mass is 2120 g/mol. The summed E-state index contributed by atoms with van der Waals surface area (Å²) in [5.41, 5.74) is 9.38. The maximum absolute atomic E-state index is 14.2. The van der Waals surface area contributed by atoms with Crippen LogP contribution in [0.1, 0.15) is 207 Å². The second kappa shape index (κ2) is 48.5. The number of Topliss-reactive ketones (excluding diaryl/α,β-unsaturated/α-hetero) is 2. The second-order valence-corrected chi connectivity index (χ2v) is 46.4. The third kappa shape index (κ3) is 28.7. The number of carbonyl (C=O) groups excluding carboxylic acids is 8. The van der Waals surface area contributed by atoms with Crippen LogP contribution >= 0.6 is 51.2 Å². The Balaban J connectivity index is 0.000000196. The van der Waals surface area contributed by atoms with Gasteiger partial charge in [0.2, 0.25) is 11.8 Å². The summed E-state index contributed by atoms with van der Waals surface area (Å²) in [7, 11) is 5.68. The Morgan fingerprint density at radius 2 is 1.22 bits per heavy atom. The SMILES string of the molecule is C=CCCCCC[C@H](NC(=O)OC1CCCC1)C(=O)N1C[C@@H](OS(=O)(=O)c2ccc(Br)cc2)C[C@H]1C(=O)C[C@]1(C(=O)OC)C[C@H]1C=C.CC(C)[OH+]c1ccc([N+](=O)[O-])cc1[CH]=[Ru]([Cl])[Cl].COC(=O)[C@]12CC(=O)[C@@H]3C[C@H](OS(=O)(=O)c4ccc(Br)cc4)CN3C(=O)[C@@H](NC(=O)OC3CCCC3)CCCCC/C=C\[C@@H]1C2.Cc1cc(C)c(N2[CH-]N(c3c(C)cc(C)cc3C)CC2)c(C)c1. The Kier molecular flexibility index (Phi) is 38.8. The van der Waals surface area contributed by atoms with Crippen molar-refractivity contribution in [3.63, 3.8) is 0 Å². The molecule has 8 aliphatic rings. The van der Waals surface area contributed by atoms with Crippen molar-refractivity contribution in [1.29, 1.82) is 0 Å². The van der Waals surface area contributed by atoms with E-state index in [-0.39, 0.29) is 90.2 Å². The number of aryl methyl sites for hydroxylation is 6. The number of amides is 4. The number of carbonyl (C=O) groups is 8. The van der Waals surface area contributed by atoms with E-state index in [0.29, 0.717) is 58.8 Å². The number of non-ortho nitro benzene ring substituents is 1. The number of nitro benzene ring substituents is 1. The maximum atomic E-state index is 14.2. The van der Waals surface area contributed by atoms with Crippen LogP contribution in [0.15, 0.2) is 147 Å². The predicted molar refractivity (Wildman–Crippen MR) is 511 cm³/mol. The van der Waals surface area contributed by atoms with Gasteiger partial charge >= 0.3 is 137 Å². The number of nitrogens with zero attached hydrogens (tertiary/aromatic N) is 5. The average Bonchev–Trinajstić information content (AvgIpc) is 1.58. The molecule has 28 nitrogen and oxygen atoms in total. The fraction of sp³-hybridized carbons (Fsp3) is 0.526. The zero-order valence-electron chi connectivity index (χ0n) is 76.7. The number of allylic oxidation sites excluding steroid dienone is 4. The molecule has 722 valence electrons. The van der Waals surface area contributed by atoms with E-state index in [1.807, 2.05) is 32.1 Å². The molecule has 0 unspecified atom stereocenters. The van der Waals surface area contributed by atoms with E-state index in [1.165, 1.54) is 105 Å². The van der Waals surface area contributed by atoms with E-state index >= 15 is 0 Å². The number of aromatic hydroxyl groups is 1. The number of esters is 2. The van der Waals surface area contributed by atoms with Gasteiger partial charge in [0.15, 0.2) is 11.6 Å². The van der Waals surface area contributed by atoms with Gasteiger partial charge in [-0.2, -0.15) is 23.5 Å². The third-order valence-electron chi connectivity index (χ3n) is 25.3. The standard InChI is InChI=1S/C34H45BrN2O9S.C32H41BrN2O9S.C21H27N2.C10H11NO3.2ClH.Ru/c1-4-6-7-8-9-14-28(36-33(41)45-25-12-10-11-13-25)31(39)37-22-26(46-47(42,43)27-17-15-24(35)16-18-27)19-29(37)30(38)21-34(32(40)44-3)20-23(34)5-2;1-42-30(38)32-18-21(32)9-5-3-2-4-6-12-26(34-31(39)43-23-10-7-8-11-23)29(37)35-20-24(17-27(35)28(36)19-32)44-45(40,41)25-15-13-22(33)14-16-25;1-14-9-16(3)20(17(4)10-14)22-7-8-23(13-22)21-18(5)11-15(2)12-19(21)6;1-7(2)14-10-5-4-9(11(12)13)6-8(10)3;;;/h4-5,15-18,23,25-26,28-29H,1-2,6-14,19-22H2,3H3,(H,36,41);5,9,13-16,21,23-24,26-27H,2-4,6-8,10-12,17-20H2,1H3,(H,34,39);9-13H,7-8H2,1-6H3;3-7H,1-2H3;2*1H;/q;;-1;;;;+2/p-1/b;9-5-;;;;;/t23-,26+,28+,29+,34-;21-,24+,26+,27+,32-;;;;;/m11...../s1. The second-order valence-electron chi connectivity index (χ2n) is 35.7. The van der Waals surface area contributed by atoms with Gasteiger partial charge in [-0.3, -0.25) is 37.1 Å². The van der Waals surface area contributed by atoms with Crippen molar-refractivity contribution in [1.82, 2.24) is 20.4 Å². The number of ketones is 2. The van der Waals surface area contributed by atoms with Crippen molar-refractivity contribution >= 4 is 141 Å². The van der Waals surface area contributed by atoms with Gasteiger partial charge in [-0.1, -0.05) is 117 Å². The molecule has 4 aliphatic carbocycles. The van der Waals surface area contributed by atoms with Crippen LogP contribution in [-0.4, -0.2) is 183 Å². The molecule has 0 spiro atoms. The van der Waals surface area contributed by atoms with Crippen LogP contribution in [-0.2, 0) is 89.8 Å². The van der Waals surface area contributed by atoms with E-state index in [2.05, 4.69) is 143 Å². The molecular weight excluding hydrogens is 2000 g/mol. The van der Waals surface area contributed by atoms with Crippen LogP contribution < -0.4 is 20.4 Å². The number of ether oxygens (including phenoxy) is 5. The van der Waals surface area contributed by atoms with Crippen molar-refractivity contribution in [2.75, 3.05) is 50.2 Å². The molecule has 5 aromatic carbocycles. The van der Waals surface area contributed by atoms with Crippen molar-refractivity contribution in [3.8, 4) is 5.75 Å². The summed E-state index contributed by atoms with van der Waals surface area (Å²) < 4.78 is 92.6. The minimum absolute atomic E-state index is 0.0164. The van der Waals surface area contributed by atoms with Gasteiger partial charge in [-0.25, -0.2) is 9.59 Å². The molecule has 4 amide bonds. The largest absolute Gasteiger partial charge is 0.502 e. The predicted octanol–water partition coefficient (Wildman–Crippen LogP) is 18.7. The summed E-state index contributed by atoms with van der Waals surface area (Å²) in [6.45, 7) is 28.6. The number of benzene rings is 5. The van der Waals surface area contributed by atoms with Gasteiger partial charge < -0.3 is 49.2 Å². The number of halogens is 4. The molecule has 35 heteroatoms. The van der Waals surface area contributed by atoms with Gasteiger partial charge in [0.25, 0.3) is 20.2 Å². The number of likely N-dealkylation sites (tertiary alicyclic amines) is 1. The number of nitro groups is 1. The van der Waals surface area contributed by atoms with Gasteiger partial charge in [0.1, 0.15) is 24.3 Å². The molecule has 3 N–H and O–H groups in total. The first-order valence-corrected chi connectivity index (χ1v) is 55.0. The summed E-state index contributed by atoms with van der Waals surface area (Å²) in [5, 5.41) is 16.2. The maximum Gasteiger partial charge on any atom is 0.408 e. The van der Waals surface area contributed by atoms with Gasteiger partial charge in [-0.15, -0.1) is 13.2 Å².